The van der Waals surface area contributed by atoms with Crippen LogP contribution in [0.2, 0.25) is 0 Å². The average molecular weight is 347 g/mol. The van der Waals surface area contributed by atoms with Crippen LogP contribution in [0.3, 0.4) is 0 Å². The zero-order chi connectivity index (χ0) is 17.8. The van der Waals surface area contributed by atoms with E-state index in [-0.39, 0.29) is 10.8 Å². The predicted molar refractivity (Wildman–Crippen MR) is 107 cm³/mol. The maximum absolute atomic E-state index is 13.2. The van der Waals surface area contributed by atoms with E-state index in [1.54, 1.807) is 0 Å². The first-order valence-corrected chi connectivity index (χ1v) is 11.7. The van der Waals surface area contributed by atoms with E-state index in [0.29, 0.717) is 0 Å². The molecule has 0 unspecified atom stereocenters. The fraction of sp³-hybridized carbons (Fsp3) is 0.958. The molecule has 1 heteroatoms. The van der Waals surface area contributed by atoms with Crippen LogP contribution in [0.4, 0.5) is 0 Å². The van der Waals surface area contributed by atoms with Crippen LogP contribution in [-0.4, -0.2) is 5.78 Å². The van der Waals surface area contributed by atoms with Crippen molar-refractivity contribution in [1.29, 1.82) is 0 Å². The first-order chi connectivity index (χ1) is 12.1. The largest absolute Gasteiger partial charge is 0.298 e. The number of hydrogen-bond donors (Lipinski definition) is 0. The zero-order valence-corrected chi connectivity index (χ0v) is 17.1. The Hall–Kier alpha value is -0.330. The topological polar surface area (TPSA) is 17.1 Å². The highest BCUT2D eigenvalue weighted by Crippen LogP contribution is 2.64. The molecule has 0 aromatic rings. The van der Waals surface area contributed by atoms with Crippen LogP contribution in [-0.2, 0) is 4.79 Å². The maximum atomic E-state index is 13.2. The van der Waals surface area contributed by atoms with Gasteiger partial charge in [0.05, 0.1) is 0 Å². The summed E-state index contributed by atoms with van der Waals surface area (Å²) in [5.74, 6) is 2.57. The summed E-state index contributed by atoms with van der Waals surface area (Å²) in [5.41, 5.74) is 0.298. The van der Waals surface area contributed by atoms with Gasteiger partial charge in [0, 0.05) is 10.8 Å². The summed E-state index contributed by atoms with van der Waals surface area (Å²) in [4.78, 5) is 13.2. The molecule has 0 aromatic heterocycles. The number of ketones is 1. The van der Waals surface area contributed by atoms with Gasteiger partial charge in [0.1, 0.15) is 5.78 Å². The van der Waals surface area contributed by atoms with E-state index in [2.05, 4.69) is 13.8 Å². The van der Waals surface area contributed by atoms with E-state index in [9.17, 15) is 4.79 Å². The van der Waals surface area contributed by atoms with Gasteiger partial charge in [0.15, 0.2) is 0 Å². The lowest BCUT2D eigenvalue weighted by Crippen LogP contribution is -2.59. The first kappa shape index (κ1) is 19.4. The molecule has 3 fully saturated rings. The van der Waals surface area contributed by atoms with Crippen molar-refractivity contribution >= 4 is 5.78 Å². The Balaban J connectivity index is 1.42. The molecule has 1 nitrogen and oxygen atoms in total. The molecule has 3 saturated carbocycles. The van der Waals surface area contributed by atoms with E-state index in [4.69, 9.17) is 0 Å². The van der Waals surface area contributed by atoms with Gasteiger partial charge in [-0.1, -0.05) is 65.2 Å². The van der Waals surface area contributed by atoms with Crippen molar-refractivity contribution in [3.05, 3.63) is 0 Å². The summed E-state index contributed by atoms with van der Waals surface area (Å²) in [7, 11) is 0. The molecule has 3 aliphatic carbocycles. The van der Waals surface area contributed by atoms with Crippen molar-refractivity contribution < 1.29 is 4.79 Å². The molecule has 3 aliphatic rings. The maximum Gasteiger partial charge on any atom is 0.145 e. The Morgan fingerprint density at radius 2 is 1.12 bits per heavy atom. The Labute approximate surface area is 156 Å². The highest BCUT2D eigenvalue weighted by atomic mass is 16.1. The quantitative estimate of drug-likeness (QED) is 0.416. The van der Waals surface area contributed by atoms with Crippen molar-refractivity contribution in [2.24, 2.45) is 22.7 Å². The highest BCUT2D eigenvalue weighted by Gasteiger charge is 2.62. The van der Waals surface area contributed by atoms with Crippen molar-refractivity contribution in [3.63, 3.8) is 0 Å². The summed E-state index contributed by atoms with van der Waals surface area (Å²) in [6, 6.07) is 0. The summed E-state index contributed by atoms with van der Waals surface area (Å²) < 4.78 is 0. The van der Waals surface area contributed by atoms with Crippen LogP contribution in [0.15, 0.2) is 0 Å². The van der Waals surface area contributed by atoms with Crippen LogP contribution < -0.4 is 0 Å². The molecule has 0 aliphatic heterocycles. The van der Waals surface area contributed by atoms with E-state index in [0.717, 1.165) is 17.6 Å². The van der Waals surface area contributed by atoms with Gasteiger partial charge in [0.2, 0.25) is 0 Å². The average Bonchev–Trinajstić information content (AvgIpc) is 2.65. The van der Waals surface area contributed by atoms with Crippen LogP contribution >= 0.6 is 0 Å². The Kier molecular flexibility index (Phi) is 6.66. The number of rotatable bonds is 8. The van der Waals surface area contributed by atoms with Gasteiger partial charge >= 0.3 is 0 Å². The third kappa shape index (κ3) is 4.16. The standard InChI is InChI=1S/C24H42O/c1-3-5-7-9-20-11-15-23(16-12-20)19-24(22(23)25)17-13-21(14-18-24)10-8-6-4-2/h20-21H,3-19H2,1-2H3/t20?,21?,23-,24-. The number of carbonyl (C=O) groups is 1. The number of Topliss-reactive ketones (excluding diaryl/α,β-unsaturated/α-hetero) is 1. The molecule has 144 valence electrons. The van der Waals surface area contributed by atoms with E-state index in [1.807, 2.05) is 0 Å². The molecule has 0 heterocycles. The fourth-order valence-corrected chi connectivity index (χ4v) is 6.48. The first-order valence-electron chi connectivity index (χ1n) is 11.7. The molecular formula is C24H42O. The van der Waals surface area contributed by atoms with Crippen LogP contribution in [0.1, 0.15) is 123 Å². The Morgan fingerprint density at radius 1 is 0.720 bits per heavy atom. The van der Waals surface area contributed by atoms with Crippen LogP contribution in [0.25, 0.3) is 0 Å². The van der Waals surface area contributed by atoms with E-state index in [1.165, 1.54) is 109 Å². The molecule has 0 bridgehead atoms. The molecular weight excluding hydrogens is 304 g/mol. The number of unbranched alkanes of at least 4 members (excludes halogenated alkanes) is 4. The molecule has 2 spiro atoms. The number of carbonyl (C=O) groups excluding carboxylic acids is 1. The van der Waals surface area contributed by atoms with Gasteiger partial charge in [-0.05, 0) is 69.6 Å². The van der Waals surface area contributed by atoms with Crippen molar-refractivity contribution in [2.45, 2.75) is 123 Å². The van der Waals surface area contributed by atoms with Gasteiger partial charge in [-0.3, -0.25) is 4.79 Å². The molecule has 0 N–H and O–H groups in total. The lowest BCUT2D eigenvalue weighted by molar-refractivity contribution is -0.169. The summed E-state index contributed by atoms with van der Waals surface area (Å²) >= 11 is 0. The number of hydrogen-bond acceptors (Lipinski definition) is 1. The predicted octanol–water partition coefficient (Wildman–Crippen LogP) is 7.47. The Morgan fingerprint density at radius 3 is 1.44 bits per heavy atom. The minimum atomic E-state index is 0.149. The van der Waals surface area contributed by atoms with Crippen LogP contribution in [0.5, 0.6) is 0 Å². The van der Waals surface area contributed by atoms with Crippen LogP contribution in [0, 0.1) is 22.7 Å². The summed E-state index contributed by atoms with van der Waals surface area (Å²) in [6.45, 7) is 4.59. The summed E-state index contributed by atoms with van der Waals surface area (Å²) in [5, 5.41) is 0. The van der Waals surface area contributed by atoms with Gasteiger partial charge in [0.25, 0.3) is 0 Å². The summed E-state index contributed by atoms with van der Waals surface area (Å²) in [6.07, 6.45) is 22.6. The smallest absolute Gasteiger partial charge is 0.145 e. The minimum Gasteiger partial charge on any atom is -0.298 e. The normalized spacial score (nSPS) is 38.2. The lowest BCUT2D eigenvalue weighted by atomic mass is 9.43. The van der Waals surface area contributed by atoms with Gasteiger partial charge in [-0.2, -0.15) is 0 Å². The van der Waals surface area contributed by atoms with Crippen molar-refractivity contribution in [1.82, 2.24) is 0 Å². The molecule has 25 heavy (non-hydrogen) atoms. The van der Waals surface area contributed by atoms with Gasteiger partial charge in [-0.15, -0.1) is 0 Å². The monoisotopic (exact) mass is 346 g/mol. The molecule has 0 atom stereocenters. The highest BCUT2D eigenvalue weighted by molar-refractivity contribution is 5.96. The SMILES string of the molecule is CCCCCC1CC[C@]2(CC1)C[C@@]1(CCC(CCCCC)CC1)C2=O. The van der Waals surface area contributed by atoms with E-state index < -0.39 is 0 Å². The molecule has 0 aromatic carbocycles. The molecule has 3 rings (SSSR count). The van der Waals surface area contributed by atoms with Gasteiger partial charge in [-0.25, -0.2) is 0 Å². The van der Waals surface area contributed by atoms with Crippen molar-refractivity contribution in [3.8, 4) is 0 Å². The molecule has 0 amide bonds. The lowest BCUT2D eigenvalue weighted by Gasteiger charge is -2.59. The Bertz CT molecular complexity index is 383. The zero-order valence-electron chi connectivity index (χ0n) is 17.1. The second-order valence-electron chi connectivity index (χ2n) is 9.94. The molecule has 0 radical (unpaired) electrons. The van der Waals surface area contributed by atoms with E-state index >= 15 is 0 Å². The third-order valence-electron chi connectivity index (χ3n) is 8.20. The molecule has 0 saturated heterocycles. The fourth-order valence-electron chi connectivity index (χ4n) is 6.48. The second-order valence-corrected chi connectivity index (χ2v) is 9.94. The minimum absolute atomic E-state index is 0.149. The second kappa shape index (κ2) is 8.57. The van der Waals surface area contributed by atoms with Crippen molar-refractivity contribution in [2.75, 3.05) is 0 Å². The van der Waals surface area contributed by atoms with Gasteiger partial charge < -0.3 is 0 Å². The third-order valence-corrected chi connectivity index (χ3v) is 8.20.